The number of hydrogen-bond donors (Lipinski definition) is 2. The molecule has 1 aromatic heterocycles. The fraction of sp³-hybridized carbons (Fsp3) is 0.667. The molecule has 1 aliphatic heterocycles. The van der Waals surface area contributed by atoms with E-state index in [1.807, 2.05) is 6.92 Å². The molecule has 1 fully saturated rings. The van der Waals surface area contributed by atoms with E-state index in [1.54, 1.807) is 12.3 Å². The zero-order valence-corrected chi connectivity index (χ0v) is 17.4. The number of pyridine rings is 1. The predicted molar refractivity (Wildman–Crippen MR) is 108 cm³/mol. The lowest BCUT2D eigenvalue weighted by molar-refractivity contribution is 0.164. The van der Waals surface area contributed by atoms with Crippen molar-refractivity contribution in [1.29, 1.82) is 0 Å². The first kappa shape index (κ1) is 21.6. The molecule has 152 valence electrons. The summed E-state index contributed by atoms with van der Waals surface area (Å²) in [6.45, 7) is 13.0. The van der Waals surface area contributed by atoms with Gasteiger partial charge in [0.25, 0.3) is 0 Å². The Balaban J connectivity index is 1.85. The molecule has 0 saturated carbocycles. The van der Waals surface area contributed by atoms with Gasteiger partial charge in [0.1, 0.15) is 4.90 Å². The van der Waals surface area contributed by atoms with Crippen LogP contribution in [-0.2, 0) is 10.0 Å². The van der Waals surface area contributed by atoms with Crippen LogP contribution >= 0.6 is 0 Å². The van der Waals surface area contributed by atoms with Gasteiger partial charge < -0.3 is 10.2 Å². The van der Waals surface area contributed by atoms with Gasteiger partial charge in [0.05, 0.1) is 6.54 Å². The number of sulfonamides is 1. The first-order valence-corrected chi connectivity index (χ1v) is 11.1. The number of aliphatic imine (C=N–C) groups is 1. The number of nitrogens with one attached hydrogen (secondary N) is 2. The van der Waals surface area contributed by atoms with E-state index in [4.69, 9.17) is 0 Å². The molecule has 1 aromatic rings. The van der Waals surface area contributed by atoms with Gasteiger partial charge in [0, 0.05) is 58.2 Å². The summed E-state index contributed by atoms with van der Waals surface area (Å²) in [5.74, 6) is 1.52. The second kappa shape index (κ2) is 10.6. The molecule has 8 nitrogen and oxygen atoms in total. The maximum Gasteiger partial charge on any atom is 0.242 e. The maximum atomic E-state index is 12.2. The van der Waals surface area contributed by atoms with Gasteiger partial charge in [-0.3, -0.25) is 14.9 Å². The fourth-order valence-corrected chi connectivity index (χ4v) is 4.00. The lowest BCUT2D eigenvalue weighted by Crippen LogP contribution is -2.53. The van der Waals surface area contributed by atoms with E-state index >= 15 is 0 Å². The first-order valence-electron chi connectivity index (χ1n) is 9.57. The van der Waals surface area contributed by atoms with Crippen LogP contribution in [0, 0.1) is 5.92 Å². The van der Waals surface area contributed by atoms with Crippen LogP contribution in [0.3, 0.4) is 0 Å². The van der Waals surface area contributed by atoms with E-state index < -0.39 is 10.0 Å². The monoisotopic (exact) mass is 396 g/mol. The molecular formula is C18H32N6O2S. The Hall–Kier alpha value is -1.71. The molecule has 2 rings (SSSR count). The number of guanidine groups is 1. The number of piperazine rings is 1. The van der Waals surface area contributed by atoms with Gasteiger partial charge in [-0.1, -0.05) is 13.8 Å². The highest BCUT2D eigenvalue weighted by Gasteiger charge is 2.20. The van der Waals surface area contributed by atoms with Crippen LogP contribution in [0.5, 0.6) is 0 Å². The van der Waals surface area contributed by atoms with Gasteiger partial charge in [0.15, 0.2) is 5.96 Å². The van der Waals surface area contributed by atoms with Crippen LogP contribution in [0.1, 0.15) is 20.8 Å². The molecule has 2 heterocycles. The van der Waals surface area contributed by atoms with Crippen LogP contribution in [0.15, 0.2) is 34.4 Å². The van der Waals surface area contributed by atoms with Gasteiger partial charge in [-0.15, -0.1) is 0 Å². The van der Waals surface area contributed by atoms with Crippen molar-refractivity contribution in [2.45, 2.75) is 25.7 Å². The zero-order valence-electron chi connectivity index (χ0n) is 16.6. The molecule has 1 saturated heterocycles. The van der Waals surface area contributed by atoms with Crippen molar-refractivity contribution in [3.63, 3.8) is 0 Å². The molecule has 0 bridgehead atoms. The summed E-state index contributed by atoms with van der Waals surface area (Å²) in [7, 11) is -3.54. The summed E-state index contributed by atoms with van der Waals surface area (Å²) in [4.78, 5) is 13.3. The van der Waals surface area contributed by atoms with Crippen molar-refractivity contribution in [1.82, 2.24) is 24.8 Å². The number of rotatable bonds is 8. The fourth-order valence-electron chi connectivity index (χ4n) is 3.02. The van der Waals surface area contributed by atoms with Crippen molar-refractivity contribution in [3.05, 3.63) is 24.5 Å². The Labute approximate surface area is 163 Å². The van der Waals surface area contributed by atoms with E-state index in [9.17, 15) is 8.42 Å². The largest absolute Gasteiger partial charge is 0.357 e. The predicted octanol–water partition coefficient (Wildman–Crippen LogP) is 0.599. The van der Waals surface area contributed by atoms with Crippen LogP contribution < -0.4 is 10.0 Å². The Morgan fingerprint density at radius 3 is 2.63 bits per heavy atom. The van der Waals surface area contributed by atoms with Crippen LogP contribution in [-0.4, -0.2) is 81.5 Å². The lowest BCUT2D eigenvalue weighted by Gasteiger charge is -2.37. The van der Waals surface area contributed by atoms with Crippen molar-refractivity contribution in [2.75, 3.05) is 52.4 Å². The molecule has 0 aromatic carbocycles. The van der Waals surface area contributed by atoms with E-state index in [2.05, 4.69) is 43.7 Å². The van der Waals surface area contributed by atoms with Crippen molar-refractivity contribution < 1.29 is 8.42 Å². The van der Waals surface area contributed by atoms with Crippen LogP contribution in [0.2, 0.25) is 0 Å². The average Bonchev–Trinajstić information content (AvgIpc) is 2.65. The first-order chi connectivity index (χ1) is 12.9. The second-order valence-corrected chi connectivity index (χ2v) is 8.77. The molecule has 0 radical (unpaired) electrons. The summed E-state index contributed by atoms with van der Waals surface area (Å²) in [6, 6.07) is 3.13. The molecular weight excluding hydrogens is 364 g/mol. The Morgan fingerprint density at radius 2 is 2.04 bits per heavy atom. The quantitative estimate of drug-likeness (QED) is 0.380. The molecule has 0 atom stereocenters. The highest BCUT2D eigenvalue weighted by atomic mass is 32.2. The van der Waals surface area contributed by atoms with E-state index in [0.717, 1.165) is 45.2 Å². The number of aromatic nitrogens is 1. The van der Waals surface area contributed by atoms with Crippen molar-refractivity contribution in [2.24, 2.45) is 10.9 Å². The topological polar surface area (TPSA) is 89.9 Å². The van der Waals surface area contributed by atoms with Crippen molar-refractivity contribution >= 4 is 16.0 Å². The van der Waals surface area contributed by atoms with Crippen molar-refractivity contribution in [3.8, 4) is 0 Å². The Morgan fingerprint density at radius 1 is 1.30 bits per heavy atom. The third kappa shape index (κ3) is 7.08. The molecule has 2 N–H and O–H groups in total. The summed E-state index contributed by atoms with van der Waals surface area (Å²) in [6.07, 6.45) is 2.89. The van der Waals surface area contributed by atoms with Gasteiger partial charge in [-0.25, -0.2) is 13.1 Å². The normalized spacial score (nSPS) is 16.7. The highest BCUT2D eigenvalue weighted by molar-refractivity contribution is 7.89. The number of nitrogens with zero attached hydrogens (tertiary/aromatic N) is 4. The molecule has 0 unspecified atom stereocenters. The van der Waals surface area contributed by atoms with E-state index in [-0.39, 0.29) is 11.4 Å². The minimum atomic E-state index is -3.54. The summed E-state index contributed by atoms with van der Waals surface area (Å²) in [5.41, 5.74) is 0. The zero-order chi connectivity index (χ0) is 19.7. The summed E-state index contributed by atoms with van der Waals surface area (Å²) >= 11 is 0. The molecule has 9 heteroatoms. The lowest BCUT2D eigenvalue weighted by atomic mass is 10.2. The molecule has 0 amide bonds. The van der Waals surface area contributed by atoms with Gasteiger partial charge in [0.2, 0.25) is 10.0 Å². The second-order valence-electron chi connectivity index (χ2n) is 7.00. The van der Waals surface area contributed by atoms with E-state index in [0.29, 0.717) is 12.5 Å². The third-order valence-corrected chi connectivity index (χ3v) is 5.69. The minimum absolute atomic E-state index is 0.169. The number of hydrogen-bond acceptors (Lipinski definition) is 5. The standard InChI is InChI=1S/C18H32N6O2S/c1-4-20-18(24-12-10-23(11-13-24)15-16(2)3)21-8-9-22-27(25,26)17-6-5-7-19-14-17/h5-7,14,16,22H,4,8-13,15H2,1-3H3,(H,20,21). The Kier molecular flexibility index (Phi) is 8.46. The van der Waals surface area contributed by atoms with Crippen LogP contribution in [0.4, 0.5) is 0 Å². The van der Waals surface area contributed by atoms with Gasteiger partial charge in [-0.05, 0) is 25.0 Å². The average molecular weight is 397 g/mol. The highest BCUT2D eigenvalue weighted by Crippen LogP contribution is 2.06. The molecule has 0 spiro atoms. The Bertz CT molecular complexity index is 685. The SMILES string of the molecule is CCNC(=NCCNS(=O)(=O)c1cccnc1)N1CCN(CC(C)C)CC1. The maximum absolute atomic E-state index is 12.2. The smallest absolute Gasteiger partial charge is 0.242 e. The van der Waals surface area contributed by atoms with E-state index in [1.165, 1.54) is 12.3 Å². The minimum Gasteiger partial charge on any atom is -0.357 e. The summed E-state index contributed by atoms with van der Waals surface area (Å²) < 4.78 is 27.0. The van der Waals surface area contributed by atoms with Gasteiger partial charge in [-0.2, -0.15) is 0 Å². The summed E-state index contributed by atoms with van der Waals surface area (Å²) in [5, 5.41) is 3.31. The molecule has 0 aliphatic carbocycles. The third-order valence-electron chi connectivity index (χ3n) is 4.24. The van der Waals surface area contributed by atoms with Crippen LogP contribution in [0.25, 0.3) is 0 Å². The molecule has 27 heavy (non-hydrogen) atoms. The molecule has 1 aliphatic rings. The van der Waals surface area contributed by atoms with Gasteiger partial charge >= 0.3 is 0 Å².